The summed E-state index contributed by atoms with van der Waals surface area (Å²) < 4.78 is 0. The van der Waals surface area contributed by atoms with Gasteiger partial charge in [0.2, 0.25) is 0 Å². The van der Waals surface area contributed by atoms with E-state index in [1.807, 2.05) is 0 Å². The number of hydrogen-bond donors (Lipinski definition) is 0. The van der Waals surface area contributed by atoms with Crippen molar-refractivity contribution in [2.24, 2.45) is 0 Å². The van der Waals surface area contributed by atoms with Crippen LogP contribution in [-0.4, -0.2) is 16.8 Å². The first-order chi connectivity index (χ1) is 4.30. The number of aromatic nitrogens is 1. The van der Waals surface area contributed by atoms with Gasteiger partial charge in [0.15, 0.2) is 0 Å². The van der Waals surface area contributed by atoms with Crippen molar-refractivity contribution in [3.8, 4) is 0 Å². The van der Waals surface area contributed by atoms with Crippen molar-refractivity contribution in [2.45, 2.75) is 0 Å². The van der Waals surface area contributed by atoms with Gasteiger partial charge in [-0.15, -0.1) is 0 Å². The summed E-state index contributed by atoms with van der Waals surface area (Å²) in [5.74, 6) is 1.53. The van der Waals surface area contributed by atoms with Crippen LogP contribution >= 0.6 is 0 Å². The third kappa shape index (κ3) is 1.32. The average molecular weight is 122 g/mol. The Hall–Kier alpha value is -1.26. The van der Waals surface area contributed by atoms with E-state index in [2.05, 4.69) is 4.98 Å². The topological polar surface area (TPSA) is 56.0 Å². The van der Waals surface area contributed by atoms with E-state index in [1.165, 1.54) is 25.3 Å². The molecular weight excluding hydrogens is 119 g/mol. The Morgan fingerprint density at radius 1 is 1.78 bits per heavy atom. The Morgan fingerprint density at radius 2 is 2.56 bits per heavy atom. The standard InChI is InChI=1S/C4H3BN2O2/c8-7(9)4-3-6-2-1-5-4/h1-3H. The van der Waals surface area contributed by atoms with Crippen LogP contribution < -0.4 is 0 Å². The van der Waals surface area contributed by atoms with Gasteiger partial charge in [0.25, 0.3) is 0 Å². The number of rotatable bonds is 1. The molecule has 0 atom stereocenters. The van der Waals surface area contributed by atoms with Crippen LogP contribution in [0.5, 0.6) is 0 Å². The van der Waals surface area contributed by atoms with Gasteiger partial charge in [-0.05, 0) is 0 Å². The summed E-state index contributed by atoms with van der Waals surface area (Å²) in [5, 5.41) is 9.97. The summed E-state index contributed by atoms with van der Waals surface area (Å²) in [6.45, 7) is 1.40. The second kappa shape index (κ2) is 2.34. The molecule has 0 N–H and O–H groups in total. The maximum absolute atomic E-state index is 9.97. The van der Waals surface area contributed by atoms with E-state index in [-0.39, 0.29) is 5.58 Å². The van der Waals surface area contributed by atoms with E-state index < -0.39 is 4.92 Å². The zero-order valence-corrected chi connectivity index (χ0v) is 4.52. The minimum absolute atomic E-state index is 0.0255. The van der Waals surface area contributed by atoms with Gasteiger partial charge in [0.1, 0.15) is 0 Å². The van der Waals surface area contributed by atoms with Gasteiger partial charge in [0.05, 0.1) is 0 Å². The third-order valence-electron chi connectivity index (χ3n) is 0.857. The van der Waals surface area contributed by atoms with Crippen molar-refractivity contribution in [1.82, 2.24) is 4.98 Å². The Balaban J connectivity index is 2.98. The molecule has 0 amide bonds. The molecular formula is C4H3BN2O2. The molecule has 1 aromatic heterocycles. The fourth-order valence-electron chi connectivity index (χ4n) is 0.462. The maximum atomic E-state index is 9.97. The van der Waals surface area contributed by atoms with Crippen LogP contribution in [0.4, 0.5) is 5.58 Å². The van der Waals surface area contributed by atoms with Gasteiger partial charge in [-0.1, -0.05) is 0 Å². The van der Waals surface area contributed by atoms with Crippen LogP contribution in [-0.2, 0) is 0 Å². The summed E-state index contributed by atoms with van der Waals surface area (Å²) in [6.07, 6.45) is 2.70. The Bertz CT molecular complexity index is 213. The molecule has 0 saturated carbocycles. The summed E-state index contributed by atoms with van der Waals surface area (Å²) >= 11 is 0. The van der Waals surface area contributed by atoms with E-state index in [1.54, 1.807) is 0 Å². The van der Waals surface area contributed by atoms with E-state index in [4.69, 9.17) is 0 Å². The molecule has 44 valence electrons. The van der Waals surface area contributed by atoms with E-state index in [0.717, 1.165) is 0 Å². The molecule has 0 aliphatic carbocycles. The molecule has 0 radical (unpaired) electrons. The monoisotopic (exact) mass is 122 g/mol. The van der Waals surface area contributed by atoms with Crippen LogP contribution in [0.15, 0.2) is 18.4 Å². The minimum atomic E-state index is -0.479. The predicted octanol–water partition coefficient (Wildman–Crippen LogP) is 0.328. The van der Waals surface area contributed by atoms with Gasteiger partial charge in [0, 0.05) is 0 Å². The van der Waals surface area contributed by atoms with Crippen LogP contribution in [0.25, 0.3) is 0 Å². The fourth-order valence-corrected chi connectivity index (χ4v) is 0.462. The second-order valence-electron chi connectivity index (χ2n) is 1.47. The molecule has 5 heteroatoms. The molecule has 0 bridgehead atoms. The Labute approximate surface area is 51.9 Å². The SMILES string of the molecule is O=[N+]([O-])c1bccnc1. The molecule has 1 aromatic rings. The molecule has 9 heavy (non-hydrogen) atoms. The first-order valence-corrected chi connectivity index (χ1v) is 2.35. The number of nitrogens with zero attached hydrogens (tertiary/aromatic N) is 2. The van der Waals surface area contributed by atoms with Crippen LogP contribution in [0.1, 0.15) is 0 Å². The molecule has 1 rings (SSSR count). The number of hydrogen-bond acceptors (Lipinski definition) is 3. The summed E-state index contributed by atoms with van der Waals surface area (Å²) in [7, 11) is 0. The second-order valence-corrected chi connectivity index (χ2v) is 1.47. The van der Waals surface area contributed by atoms with E-state index >= 15 is 0 Å². The van der Waals surface area contributed by atoms with Crippen molar-refractivity contribution in [2.75, 3.05) is 0 Å². The van der Waals surface area contributed by atoms with Gasteiger partial charge < -0.3 is 0 Å². The van der Waals surface area contributed by atoms with Gasteiger partial charge in [-0.3, -0.25) is 0 Å². The van der Waals surface area contributed by atoms with Crippen molar-refractivity contribution in [3.05, 3.63) is 28.5 Å². The molecule has 0 aliphatic rings. The average Bonchev–Trinajstić information content (AvgIpc) is 1.90. The summed E-state index contributed by atoms with van der Waals surface area (Å²) in [5.41, 5.74) is 0.0255. The molecule has 1 heterocycles. The molecule has 0 unspecified atom stereocenters. The predicted molar refractivity (Wildman–Crippen MR) is 32.2 cm³/mol. The molecule has 0 aliphatic heterocycles. The zero-order chi connectivity index (χ0) is 6.69. The molecule has 0 saturated heterocycles. The normalized spacial score (nSPS) is 8.44. The molecule has 4 nitrogen and oxygen atoms in total. The summed E-state index contributed by atoms with van der Waals surface area (Å²) in [4.78, 5) is 13.1. The van der Waals surface area contributed by atoms with Crippen LogP contribution in [0, 0.1) is 10.1 Å². The van der Waals surface area contributed by atoms with Gasteiger partial charge >= 0.3 is 50.9 Å². The van der Waals surface area contributed by atoms with Gasteiger partial charge in [-0.2, -0.15) is 0 Å². The van der Waals surface area contributed by atoms with Crippen molar-refractivity contribution in [3.63, 3.8) is 0 Å². The van der Waals surface area contributed by atoms with Crippen molar-refractivity contribution >= 4 is 12.5 Å². The van der Waals surface area contributed by atoms with Crippen molar-refractivity contribution in [1.29, 1.82) is 0 Å². The van der Waals surface area contributed by atoms with E-state index in [9.17, 15) is 10.1 Å². The quantitative estimate of drug-likeness (QED) is 0.398. The third-order valence-corrected chi connectivity index (χ3v) is 0.857. The molecule has 0 spiro atoms. The van der Waals surface area contributed by atoms with Crippen molar-refractivity contribution < 1.29 is 4.92 Å². The van der Waals surface area contributed by atoms with Crippen LogP contribution in [0.3, 0.4) is 0 Å². The molecule has 0 aromatic carbocycles. The molecule has 0 fully saturated rings. The summed E-state index contributed by atoms with van der Waals surface area (Å²) in [6, 6.07) is 0. The first kappa shape index (κ1) is 5.87. The Morgan fingerprint density at radius 3 is 2.89 bits per heavy atom. The first-order valence-electron chi connectivity index (χ1n) is 2.35. The number of nitro groups is 1. The fraction of sp³-hybridized carbons (Fsp3) is 0. The van der Waals surface area contributed by atoms with E-state index in [0.29, 0.717) is 0 Å². The van der Waals surface area contributed by atoms with Gasteiger partial charge in [-0.25, -0.2) is 0 Å². The zero-order valence-electron chi connectivity index (χ0n) is 4.52. The Kier molecular flexibility index (Phi) is 1.53. The van der Waals surface area contributed by atoms with Crippen LogP contribution in [0.2, 0.25) is 0 Å².